The van der Waals surface area contributed by atoms with Gasteiger partial charge in [-0.15, -0.1) is 0 Å². The quantitative estimate of drug-likeness (QED) is 0.822. The first-order valence-corrected chi connectivity index (χ1v) is 8.36. The van der Waals surface area contributed by atoms with Gasteiger partial charge in [-0.2, -0.15) is 0 Å². The molecule has 4 rings (SSSR count). The second-order valence-electron chi connectivity index (χ2n) is 5.54. The molecule has 0 atom stereocenters. The van der Waals surface area contributed by atoms with Gasteiger partial charge in [0.05, 0.1) is 17.8 Å². The Morgan fingerprint density at radius 3 is 3.04 bits per heavy atom. The number of nitrogens with one attached hydrogen (secondary N) is 1. The lowest BCUT2D eigenvalue weighted by Gasteiger charge is -2.27. The summed E-state index contributed by atoms with van der Waals surface area (Å²) in [4.78, 5) is 27.9. The van der Waals surface area contributed by atoms with E-state index in [0.717, 1.165) is 21.6 Å². The molecule has 1 N–H and O–H groups in total. The van der Waals surface area contributed by atoms with Crippen LogP contribution in [-0.4, -0.2) is 40.7 Å². The van der Waals surface area contributed by atoms with Crippen molar-refractivity contribution >= 4 is 39.3 Å². The van der Waals surface area contributed by atoms with Gasteiger partial charge in [0, 0.05) is 28.5 Å². The van der Waals surface area contributed by atoms with E-state index in [1.165, 1.54) is 0 Å². The molecule has 6 nitrogen and oxygen atoms in total. The highest BCUT2D eigenvalue weighted by atomic mass is 79.9. The molecule has 7 heteroatoms. The van der Waals surface area contributed by atoms with Crippen LogP contribution in [0.3, 0.4) is 0 Å². The Bertz CT molecular complexity index is 906. The molecule has 2 aliphatic rings. The number of aromatic nitrogens is 1. The molecule has 0 spiro atoms. The summed E-state index contributed by atoms with van der Waals surface area (Å²) < 4.78 is 0.936. The molecule has 2 aliphatic heterocycles. The summed E-state index contributed by atoms with van der Waals surface area (Å²) in [5.41, 5.74) is 2.99. The van der Waals surface area contributed by atoms with Crippen molar-refractivity contribution in [3.63, 3.8) is 0 Å². The van der Waals surface area contributed by atoms with E-state index in [1.54, 1.807) is 18.3 Å². The number of guanidine groups is 1. The highest BCUT2D eigenvalue weighted by molar-refractivity contribution is 9.10. The summed E-state index contributed by atoms with van der Waals surface area (Å²) in [5, 5.41) is 2.91. The standard InChI is InChI=1S/C17H14BrN5O/c1-10-12(3-2-6-19-10)16(24)22-17-21-14-9-11(18)4-5-13(14)15-20-7-8-23(15)17/h2-6,9H,7-8H2,1H3,(H,21,22,24). The third kappa shape index (κ3) is 2.50. The van der Waals surface area contributed by atoms with Crippen LogP contribution < -0.4 is 5.32 Å². The summed E-state index contributed by atoms with van der Waals surface area (Å²) in [7, 11) is 0. The van der Waals surface area contributed by atoms with Crippen LogP contribution in [0.15, 0.2) is 51.0 Å². The van der Waals surface area contributed by atoms with Crippen LogP contribution in [0, 0.1) is 6.92 Å². The molecule has 120 valence electrons. The SMILES string of the molecule is Cc1ncccc1C(=O)NC1=Nc2cc(Br)ccc2C2=NCCN12. The number of amidine groups is 1. The zero-order chi connectivity index (χ0) is 16.7. The normalized spacial score (nSPS) is 15.3. The number of nitrogens with zero attached hydrogens (tertiary/aromatic N) is 4. The summed E-state index contributed by atoms with van der Waals surface area (Å²) in [6, 6.07) is 9.39. The highest BCUT2D eigenvalue weighted by Gasteiger charge is 2.30. The van der Waals surface area contributed by atoms with E-state index in [-0.39, 0.29) is 5.91 Å². The number of aliphatic imine (C=N–C) groups is 2. The van der Waals surface area contributed by atoms with Gasteiger partial charge in [0.2, 0.25) is 5.96 Å². The first-order valence-electron chi connectivity index (χ1n) is 7.57. The minimum Gasteiger partial charge on any atom is -0.294 e. The molecule has 0 bridgehead atoms. The first-order chi connectivity index (χ1) is 11.6. The second kappa shape index (κ2) is 5.83. The van der Waals surface area contributed by atoms with Gasteiger partial charge in [0.15, 0.2) is 0 Å². The average molecular weight is 384 g/mol. The Kier molecular flexibility index (Phi) is 3.65. The largest absolute Gasteiger partial charge is 0.294 e. The van der Waals surface area contributed by atoms with Gasteiger partial charge in [-0.1, -0.05) is 15.9 Å². The number of carbonyl (C=O) groups is 1. The number of hydrogen-bond acceptors (Lipinski definition) is 5. The second-order valence-corrected chi connectivity index (χ2v) is 6.46. The van der Waals surface area contributed by atoms with Gasteiger partial charge < -0.3 is 0 Å². The fourth-order valence-electron chi connectivity index (χ4n) is 2.83. The van der Waals surface area contributed by atoms with E-state index in [2.05, 4.69) is 36.2 Å². The number of halogens is 1. The van der Waals surface area contributed by atoms with Crippen LogP contribution in [0.4, 0.5) is 5.69 Å². The Morgan fingerprint density at radius 2 is 2.21 bits per heavy atom. The molecular weight excluding hydrogens is 370 g/mol. The Morgan fingerprint density at radius 1 is 1.33 bits per heavy atom. The number of hydrogen-bond donors (Lipinski definition) is 1. The minimum absolute atomic E-state index is 0.218. The summed E-state index contributed by atoms with van der Waals surface area (Å²) in [6.45, 7) is 3.20. The maximum atomic E-state index is 12.6. The molecular formula is C17H14BrN5O. The molecule has 24 heavy (non-hydrogen) atoms. The number of pyridine rings is 1. The van der Waals surface area contributed by atoms with Crippen LogP contribution in [0.2, 0.25) is 0 Å². The third-order valence-corrected chi connectivity index (χ3v) is 4.49. The molecule has 0 saturated heterocycles. The molecule has 1 aromatic heterocycles. The van der Waals surface area contributed by atoms with Crippen LogP contribution in [0.25, 0.3) is 0 Å². The van der Waals surface area contributed by atoms with Gasteiger partial charge in [-0.25, -0.2) is 4.99 Å². The first kappa shape index (κ1) is 15.0. The summed E-state index contributed by atoms with van der Waals surface area (Å²) in [5.74, 6) is 1.14. The van der Waals surface area contributed by atoms with Crippen molar-refractivity contribution in [2.75, 3.05) is 13.1 Å². The van der Waals surface area contributed by atoms with Crippen molar-refractivity contribution in [1.82, 2.24) is 15.2 Å². The van der Waals surface area contributed by atoms with E-state index < -0.39 is 0 Å². The monoisotopic (exact) mass is 383 g/mol. The van der Waals surface area contributed by atoms with E-state index in [1.807, 2.05) is 30.0 Å². The van der Waals surface area contributed by atoms with Crippen LogP contribution >= 0.6 is 15.9 Å². The summed E-state index contributed by atoms with van der Waals surface area (Å²) >= 11 is 3.46. The van der Waals surface area contributed by atoms with Gasteiger partial charge >= 0.3 is 0 Å². The molecule has 2 aromatic rings. The van der Waals surface area contributed by atoms with Crippen molar-refractivity contribution in [2.24, 2.45) is 9.98 Å². The Balaban J connectivity index is 1.71. The van der Waals surface area contributed by atoms with E-state index in [4.69, 9.17) is 0 Å². The molecule has 1 amide bonds. The summed E-state index contributed by atoms with van der Waals surface area (Å²) in [6.07, 6.45) is 1.67. The number of carbonyl (C=O) groups excluding carboxylic acids is 1. The smallest absolute Gasteiger partial charge is 0.259 e. The van der Waals surface area contributed by atoms with E-state index in [0.29, 0.717) is 30.3 Å². The van der Waals surface area contributed by atoms with Crippen molar-refractivity contribution in [2.45, 2.75) is 6.92 Å². The molecule has 0 fully saturated rings. The average Bonchev–Trinajstić information content (AvgIpc) is 3.05. The highest BCUT2D eigenvalue weighted by Crippen LogP contribution is 2.30. The predicted octanol–water partition coefficient (Wildman–Crippen LogP) is 2.65. The molecule has 0 saturated carbocycles. The fraction of sp³-hybridized carbons (Fsp3) is 0.176. The maximum Gasteiger partial charge on any atom is 0.259 e. The topological polar surface area (TPSA) is 70.0 Å². The van der Waals surface area contributed by atoms with E-state index in [9.17, 15) is 4.79 Å². The van der Waals surface area contributed by atoms with Crippen molar-refractivity contribution in [3.05, 3.63) is 57.8 Å². The van der Waals surface area contributed by atoms with Gasteiger partial charge in [-0.3, -0.25) is 25.0 Å². The van der Waals surface area contributed by atoms with Crippen LogP contribution in [0.5, 0.6) is 0 Å². The Labute approximate surface area is 147 Å². The number of fused-ring (bicyclic) bond motifs is 3. The van der Waals surface area contributed by atoms with E-state index >= 15 is 0 Å². The minimum atomic E-state index is -0.218. The fourth-order valence-corrected chi connectivity index (χ4v) is 3.18. The zero-order valence-corrected chi connectivity index (χ0v) is 14.5. The van der Waals surface area contributed by atoms with Gasteiger partial charge in [0.25, 0.3) is 5.91 Å². The van der Waals surface area contributed by atoms with Crippen LogP contribution in [0.1, 0.15) is 21.6 Å². The van der Waals surface area contributed by atoms with Crippen molar-refractivity contribution in [1.29, 1.82) is 0 Å². The molecule has 0 aliphatic carbocycles. The number of amides is 1. The van der Waals surface area contributed by atoms with Crippen LogP contribution in [-0.2, 0) is 0 Å². The zero-order valence-electron chi connectivity index (χ0n) is 13.0. The van der Waals surface area contributed by atoms with Crippen molar-refractivity contribution < 1.29 is 4.79 Å². The number of aryl methyl sites for hydroxylation is 1. The molecule has 0 radical (unpaired) electrons. The lowest BCUT2D eigenvalue weighted by molar-refractivity contribution is 0.0973. The molecule has 1 aromatic carbocycles. The van der Waals surface area contributed by atoms with Gasteiger partial charge in [0.1, 0.15) is 5.84 Å². The third-order valence-electron chi connectivity index (χ3n) is 4.00. The number of benzene rings is 1. The molecule has 0 unspecified atom stereocenters. The number of rotatable bonds is 1. The lowest BCUT2D eigenvalue weighted by atomic mass is 10.1. The van der Waals surface area contributed by atoms with Gasteiger partial charge in [-0.05, 0) is 37.3 Å². The van der Waals surface area contributed by atoms with Crippen molar-refractivity contribution in [3.8, 4) is 0 Å². The predicted molar refractivity (Wildman–Crippen MR) is 95.8 cm³/mol. The molecule has 3 heterocycles. The Hall–Kier alpha value is -2.54. The lowest BCUT2D eigenvalue weighted by Crippen LogP contribution is -2.47. The maximum absolute atomic E-state index is 12.6.